The Morgan fingerprint density at radius 2 is 2.13 bits per heavy atom. The Morgan fingerprint density at radius 3 is 2.67 bits per heavy atom. The number of hydrogen-bond acceptors (Lipinski definition) is 2. The molecule has 0 bridgehead atoms. The van der Waals surface area contributed by atoms with Gasteiger partial charge in [-0.2, -0.15) is 0 Å². The molecule has 0 aromatic carbocycles. The Hall–Kier alpha value is -0.430. The summed E-state index contributed by atoms with van der Waals surface area (Å²) in [4.78, 5) is 0. The Labute approximate surface area is 95.9 Å². The van der Waals surface area contributed by atoms with Crippen molar-refractivity contribution in [1.82, 2.24) is 4.67 Å². The highest BCUT2D eigenvalue weighted by Crippen LogP contribution is 2.03. The van der Waals surface area contributed by atoms with E-state index in [0.29, 0.717) is 0 Å². The van der Waals surface area contributed by atoms with Crippen molar-refractivity contribution in [2.24, 2.45) is 0 Å². The molecule has 0 aromatic rings. The van der Waals surface area contributed by atoms with E-state index in [4.69, 9.17) is 4.74 Å². The molecule has 0 N–H and O–H groups in total. The minimum atomic E-state index is 0.744. The van der Waals surface area contributed by atoms with Crippen LogP contribution in [0.15, 0.2) is 37.0 Å². The minimum absolute atomic E-state index is 0.744. The second kappa shape index (κ2) is 10.1. The van der Waals surface area contributed by atoms with E-state index in [1.54, 1.807) is 6.08 Å². The van der Waals surface area contributed by atoms with Gasteiger partial charge in [-0.1, -0.05) is 47.7 Å². The molecule has 0 aromatic heterocycles. The monoisotopic (exact) mass is 227 g/mol. The lowest BCUT2D eigenvalue weighted by atomic mass is 10.2. The highest BCUT2D eigenvalue weighted by atomic mass is 31.0. The predicted octanol–water partition coefficient (Wildman–Crippen LogP) is 2.80. The SMILES string of the molecule is C=C/C=C(\C=C)CCOCCN(P)CC. The summed E-state index contributed by atoms with van der Waals surface area (Å²) in [6, 6.07) is 0. The van der Waals surface area contributed by atoms with Crippen LogP contribution in [0.2, 0.25) is 0 Å². The van der Waals surface area contributed by atoms with Crippen LogP contribution < -0.4 is 0 Å². The molecule has 86 valence electrons. The highest BCUT2D eigenvalue weighted by molar-refractivity contribution is 7.13. The molecule has 3 heteroatoms. The molecule has 0 aliphatic heterocycles. The molecular weight excluding hydrogens is 205 g/mol. The molecule has 0 spiro atoms. The first kappa shape index (κ1) is 14.6. The molecule has 0 saturated carbocycles. The standard InChI is InChI=1S/C12H22NOP/c1-4-7-12(5-2)8-10-14-11-9-13(15)6-3/h4-5,7H,1-2,6,8-11,15H2,3H3/b12-7+. The van der Waals surface area contributed by atoms with Crippen molar-refractivity contribution in [1.29, 1.82) is 0 Å². The quantitative estimate of drug-likeness (QED) is 0.341. The molecule has 2 nitrogen and oxygen atoms in total. The average Bonchev–Trinajstić information content (AvgIpc) is 2.26. The van der Waals surface area contributed by atoms with E-state index in [2.05, 4.69) is 34.1 Å². The molecular formula is C12H22NOP. The molecule has 0 rings (SSSR count). The van der Waals surface area contributed by atoms with Crippen molar-refractivity contribution in [3.8, 4) is 0 Å². The largest absolute Gasteiger partial charge is 0.380 e. The van der Waals surface area contributed by atoms with Crippen molar-refractivity contribution >= 4 is 9.39 Å². The maximum atomic E-state index is 5.51. The first-order valence-electron chi connectivity index (χ1n) is 5.26. The van der Waals surface area contributed by atoms with Gasteiger partial charge in [-0.25, -0.2) is 0 Å². The van der Waals surface area contributed by atoms with Gasteiger partial charge in [0.15, 0.2) is 0 Å². The summed E-state index contributed by atoms with van der Waals surface area (Å²) >= 11 is 0. The third-order valence-corrected chi connectivity index (χ3v) is 2.68. The number of likely N-dealkylation sites (N-methyl/N-ethyl adjacent to an activating group) is 1. The summed E-state index contributed by atoms with van der Waals surface area (Å²) in [7, 11) is 2.68. The number of nitrogens with zero attached hydrogens (tertiary/aromatic N) is 1. The summed E-state index contributed by atoms with van der Waals surface area (Å²) in [6.07, 6.45) is 6.49. The summed E-state index contributed by atoms with van der Waals surface area (Å²) in [5.41, 5.74) is 1.17. The molecule has 15 heavy (non-hydrogen) atoms. The molecule has 0 heterocycles. The second-order valence-corrected chi connectivity index (χ2v) is 3.90. The van der Waals surface area contributed by atoms with Crippen LogP contribution in [0.5, 0.6) is 0 Å². The first-order valence-corrected chi connectivity index (χ1v) is 5.77. The van der Waals surface area contributed by atoms with Crippen molar-refractivity contribution in [2.45, 2.75) is 13.3 Å². The normalized spacial score (nSPS) is 11.8. The molecule has 1 atom stereocenters. The maximum absolute atomic E-state index is 5.51. The van der Waals surface area contributed by atoms with Crippen LogP contribution in [-0.4, -0.2) is 31.0 Å². The molecule has 0 amide bonds. The van der Waals surface area contributed by atoms with Gasteiger partial charge in [0.2, 0.25) is 0 Å². The Balaban J connectivity index is 3.49. The van der Waals surface area contributed by atoms with Gasteiger partial charge in [0.05, 0.1) is 13.2 Å². The Kier molecular flexibility index (Phi) is 9.81. The lowest BCUT2D eigenvalue weighted by molar-refractivity contribution is 0.128. The van der Waals surface area contributed by atoms with Gasteiger partial charge in [-0.05, 0) is 18.5 Å². The minimum Gasteiger partial charge on any atom is -0.380 e. The zero-order valence-electron chi connectivity index (χ0n) is 9.61. The number of rotatable bonds is 9. The van der Waals surface area contributed by atoms with Crippen LogP contribution in [-0.2, 0) is 4.74 Å². The van der Waals surface area contributed by atoms with Gasteiger partial charge in [0.25, 0.3) is 0 Å². The molecule has 0 radical (unpaired) electrons. The van der Waals surface area contributed by atoms with Crippen LogP contribution >= 0.6 is 9.39 Å². The molecule has 0 aliphatic carbocycles. The molecule has 0 aliphatic rings. The van der Waals surface area contributed by atoms with Crippen molar-refractivity contribution in [3.05, 3.63) is 37.0 Å². The van der Waals surface area contributed by atoms with E-state index in [1.807, 2.05) is 12.2 Å². The fraction of sp³-hybridized carbons (Fsp3) is 0.500. The molecule has 0 saturated heterocycles. The summed E-state index contributed by atoms with van der Waals surface area (Å²) in [5.74, 6) is 0. The van der Waals surface area contributed by atoms with Crippen LogP contribution in [0.1, 0.15) is 13.3 Å². The highest BCUT2D eigenvalue weighted by Gasteiger charge is 1.95. The zero-order valence-corrected chi connectivity index (χ0v) is 10.8. The van der Waals surface area contributed by atoms with Crippen LogP contribution in [0.4, 0.5) is 0 Å². The van der Waals surface area contributed by atoms with Gasteiger partial charge in [0, 0.05) is 6.54 Å². The van der Waals surface area contributed by atoms with E-state index in [9.17, 15) is 0 Å². The van der Waals surface area contributed by atoms with Crippen molar-refractivity contribution < 1.29 is 4.74 Å². The lowest BCUT2D eigenvalue weighted by Crippen LogP contribution is -2.17. The lowest BCUT2D eigenvalue weighted by Gasteiger charge is -2.13. The maximum Gasteiger partial charge on any atom is 0.0596 e. The second-order valence-electron chi connectivity index (χ2n) is 3.17. The third kappa shape index (κ3) is 8.56. The number of allylic oxidation sites excluding steroid dienone is 3. The summed E-state index contributed by atoms with van der Waals surface area (Å²) in [6.45, 7) is 13.0. The van der Waals surface area contributed by atoms with Crippen molar-refractivity contribution in [3.63, 3.8) is 0 Å². The van der Waals surface area contributed by atoms with E-state index in [0.717, 1.165) is 32.7 Å². The van der Waals surface area contributed by atoms with Crippen LogP contribution in [0, 0.1) is 0 Å². The van der Waals surface area contributed by atoms with Gasteiger partial charge in [0.1, 0.15) is 0 Å². The van der Waals surface area contributed by atoms with Gasteiger partial charge in [-0.3, -0.25) is 4.67 Å². The summed E-state index contributed by atoms with van der Waals surface area (Å²) in [5, 5.41) is 0. The fourth-order valence-electron chi connectivity index (χ4n) is 1.04. The Bertz CT molecular complexity index is 214. The first-order chi connectivity index (χ1) is 7.24. The third-order valence-electron chi connectivity index (χ3n) is 2.06. The zero-order chi connectivity index (χ0) is 11.5. The smallest absolute Gasteiger partial charge is 0.0596 e. The number of hydrogen-bond donors (Lipinski definition) is 0. The van der Waals surface area contributed by atoms with E-state index in [-0.39, 0.29) is 0 Å². The van der Waals surface area contributed by atoms with Gasteiger partial charge < -0.3 is 4.74 Å². The topological polar surface area (TPSA) is 12.5 Å². The van der Waals surface area contributed by atoms with E-state index < -0.39 is 0 Å². The van der Waals surface area contributed by atoms with Crippen LogP contribution in [0.25, 0.3) is 0 Å². The number of ether oxygens (including phenoxy) is 1. The van der Waals surface area contributed by atoms with E-state index >= 15 is 0 Å². The average molecular weight is 227 g/mol. The van der Waals surface area contributed by atoms with Crippen molar-refractivity contribution in [2.75, 3.05) is 26.3 Å². The van der Waals surface area contributed by atoms with Gasteiger partial charge >= 0.3 is 0 Å². The Morgan fingerprint density at radius 1 is 1.40 bits per heavy atom. The molecule has 1 unspecified atom stereocenters. The molecule has 0 fully saturated rings. The fourth-order valence-corrected chi connectivity index (χ4v) is 1.14. The van der Waals surface area contributed by atoms with E-state index in [1.165, 1.54) is 5.57 Å². The van der Waals surface area contributed by atoms with Crippen LogP contribution in [0.3, 0.4) is 0 Å². The van der Waals surface area contributed by atoms with Gasteiger partial charge in [-0.15, -0.1) is 0 Å². The summed E-state index contributed by atoms with van der Waals surface area (Å²) < 4.78 is 7.65. The predicted molar refractivity (Wildman–Crippen MR) is 70.9 cm³/mol.